The van der Waals surface area contributed by atoms with Crippen LogP contribution in [0.3, 0.4) is 0 Å². The van der Waals surface area contributed by atoms with E-state index in [1.807, 2.05) is 36.5 Å². The van der Waals surface area contributed by atoms with Crippen molar-refractivity contribution in [3.05, 3.63) is 42.7 Å². The van der Waals surface area contributed by atoms with Crippen molar-refractivity contribution < 1.29 is 9.15 Å². The summed E-state index contributed by atoms with van der Waals surface area (Å²) >= 11 is 0. The number of benzene rings is 1. The van der Waals surface area contributed by atoms with Crippen LogP contribution < -0.4 is 4.90 Å². The van der Waals surface area contributed by atoms with Gasteiger partial charge < -0.3 is 14.1 Å². The van der Waals surface area contributed by atoms with E-state index in [1.54, 1.807) is 6.20 Å². The number of nitrogens with zero attached hydrogens (tertiary/aromatic N) is 3. The van der Waals surface area contributed by atoms with Crippen molar-refractivity contribution >= 4 is 17.1 Å². The molecular formula is C16H15N3O2. The smallest absolute Gasteiger partial charge is 0.298 e. The van der Waals surface area contributed by atoms with Crippen LogP contribution in [0.1, 0.15) is 0 Å². The number of hydrogen-bond donors (Lipinski definition) is 0. The monoisotopic (exact) mass is 281 g/mol. The summed E-state index contributed by atoms with van der Waals surface area (Å²) in [5.74, 6) is 0. The molecule has 21 heavy (non-hydrogen) atoms. The fourth-order valence-corrected chi connectivity index (χ4v) is 2.52. The van der Waals surface area contributed by atoms with Gasteiger partial charge in [-0.15, -0.1) is 0 Å². The second-order valence-electron chi connectivity index (χ2n) is 5.02. The van der Waals surface area contributed by atoms with Crippen LogP contribution in [0.5, 0.6) is 0 Å². The Morgan fingerprint density at radius 3 is 2.76 bits per heavy atom. The lowest BCUT2D eigenvalue weighted by molar-refractivity contribution is 0.120. The van der Waals surface area contributed by atoms with Gasteiger partial charge in [-0.25, -0.2) is 0 Å². The molecule has 3 aromatic rings. The van der Waals surface area contributed by atoms with Crippen molar-refractivity contribution in [2.45, 2.75) is 0 Å². The SMILES string of the molecule is c1cncc(-c2ccc3oc(N4CCOCC4)nc3c2)c1. The van der Waals surface area contributed by atoms with Crippen molar-refractivity contribution in [1.29, 1.82) is 0 Å². The van der Waals surface area contributed by atoms with Gasteiger partial charge in [0.1, 0.15) is 5.52 Å². The average molecular weight is 281 g/mol. The number of fused-ring (bicyclic) bond motifs is 1. The number of hydrogen-bond acceptors (Lipinski definition) is 5. The van der Waals surface area contributed by atoms with Gasteiger partial charge in [-0.2, -0.15) is 4.98 Å². The number of ether oxygens (including phenoxy) is 1. The minimum Gasteiger partial charge on any atom is -0.423 e. The number of anilines is 1. The number of morpholine rings is 1. The Labute approximate surface area is 122 Å². The Morgan fingerprint density at radius 1 is 1.05 bits per heavy atom. The predicted octanol–water partition coefficient (Wildman–Crippen LogP) is 2.73. The number of aromatic nitrogens is 2. The molecule has 0 N–H and O–H groups in total. The van der Waals surface area contributed by atoms with Crippen LogP contribution in [0, 0.1) is 0 Å². The van der Waals surface area contributed by atoms with Gasteiger partial charge in [0.15, 0.2) is 5.58 Å². The zero-order valence-corrected chi connectivity index (χ0v) is 11.5. The lowest BCUT2D eigenvalue weighted by Gasteiger charge is -2.24. The van der Waals surface area contributed by atoms with Gasteiger partial charge in [0.25, 0.3) is 6.01 Å². The third-order valence-corrected chi connectivity index (χ3v) is 3.65. The Hall–Kier alpha value is -2.40. The van der Waals surface area contributed by atoms with Crippen LogP contribution >= 0.6 is 0 Å². The molecule has 0 atom stereocenters. The molecule has 1 aliphatic heterocycles. The first-order valence-electron chi connectivity index (χ1n) is 7.04. The minimum absolute atomic E-state index is 0.677. The lowest BCUT2D eigenvalue weighted by Crippen LogP contribution is -2.36. The largest absolute Gasteiger partial charge is 0.423 e. The Balaban J connectivity index is 1.71. The van der Waals surface area contributed by atoms with E-state index >= 15 is 0 Å². The topological polar surface area (TPSA) is 51.4 Å². The molecule has 0 unspecified atom stereocenters. The molecule has 1 aromatic carbocycles. The Bertz CT molecular complexity index is 749. The molecule has 3 heterocycles. The lowest BCUT2D eigenvalue weighted by atomic mass is 10.1. The maximum Gasteiger partial charge on any atom is 0.298 e. The van der Waals surface area contributed by atoms with Crippen LogP contribution in [0.2, 0.25) is 0 Å². The molecule has 5 nitrogen and oxygen atoms in total. The molecule has 1 aliphatic rings. The van der Waals surface area contributed by atoms with Gasteiger partial charge in [0.05, 0.1) is 13.2 Å². The zero-order valence-electron chi connectivity index (χ0n) is 11.5. The molecule has 5 heteroatoms. The first-order valence-corrected chi connectivity index (χ1v) is 7.04. The van der Waals surface area contributed by atoms with Crippen LogP contribution in [-0.2, 0) is 4.74 Å². The molecule has 1 fully saturated rings. The van der Waals surface area contributed by atoms with Crippen LogP contribution in [0.25, 0.3) is 22.2 Å². The number of rotatable bonds is 2. The number of oxazole rings is 1. The van der Waals surface area contributed by atoms with Gasteiger partial charge >= 0.3 is 0 Å². The molecule has 1 saturated heterocycles. The molecule has 0 amide bonds. The summed E-state index contributed by atoms with van der Waals surface area (Å²) < 4.78 is 11.2. The quantitative estimate of drug-likeness (QED) is 0.723. The summed E-state index contributed by atoms with van der Waals surface area (Å²) in [4.78, 5) is 10.9. The highest BCUT2D eigenvalue weighted by Crippen LogP contribution is 2.27. The van der Waals surface area contributed by atoms with Gasteiger partial charge in [-0.1, -0.05) is 12.1 Å². The second kappa shape index (κ2) is 5.18. The van der Waals surface area contributed by atoms with E-state index in [1.165, 1.54) is 0 Å². The van der Waals surface area contributed by atoms with Crippen LogP contribution in [0.15, 0.2) is 47.1 Å². The fraction of sp³-hybridized carbons (Fsp3) is 0.250. The summed E-state index contributed by atoms with van der Waals surface area (Å²) in [5.41, 5.74) is 3.86. The van der Waals surface area contributed by atoms with E-state index in [4.69, 9.17) is 9.15 Å². The Morgan fingerprint density at radius 2 is 1.95 bits per heavy atom. The summed E-state index contributed by atoms with van der Waals surface area (Å²) in [7, 11) is 0. The van der Waals surface area contributed by atoms with Gasteiger partial charge in [-0.3, -0.25) is 4.98 Å². The van der Waals surface area contributed by atoms with E-state index in [-0.39, 0.29) is 0 Å². The van der Waals surface area contributed by atoms with Crippen molar-refractivity contribution in [2.24, 2.45) is 0 Å². The van der Waals surface area contributed by atoms with E-state index in [0.717, 1.165) is 48.5 Å². The van der Waals surface area contributed by atoms with Crippen molar-refractivity contribution in [3.63, 3.8) is 0 Å². The molecule has 4 rings (SSSR count). The van der Waals surface area contributed by atoms with Crippen molar-refractivity contribution in [1.82, 2.24) is 9.97 Å². The highest BCUT2D eigenvalue weighted by Gasteiger charge is 2.17. The van der Waals surface area contributed by atoms with Gasteiger partial charge in [0.2, 0.25) is 0 Å². The highest BCUT2D eigenvalue weighted by molar-refractivity contribution is 5.81. The van der Waals surface area contributed by atoms with Gasteiger partial charge in [-0.05, 0) is 23.8 Å². The van der Waals surface area contributed by atoms with E-state index in [2.05, 4.69) is 14.9 Å². The Kier molecular flexibility index (Phi) is 3.05. The van der Waals surface area contributed by atoms with Crippen LogP contribution in [0.4, 0.5) is 6.01 Å². The summed E-state index contributed by atoms with van der Waals surface area (Å²) in [6.07, 6.45) is 3.62. The van der Waals surface area contributed by atoms with E-state index in [0.29, 0.717) is 6.01 Å². The average Bonchev–Trinajstić information content (AvgIpc) is 2.99. The van der Waals surface area contributed by atoms with Gasteiger partial charge in [0, 0.05) is 31.0 Å². The molecule has 0 radical (unpaired) electrons. The third-order valence-electron chi connectivity index (χ3n) is 3.65. The molecule has 0 aliphatic carbocycles. The third kappa shape index (κ3) is 2.36. The molecule has 2 aromatic heterocycles. The first kappa shape index (κ1) is 12.3. The molecule has 0 spiro atoms. The summed E-state index contributed by atoms with van der Waals surface area (Å²) in [6.45, 7) is 3.09. The molecule has 0 saturated carbocycles. The molecule has 0 bridgehead atoms. The van der Waals surface area contributed by atoms with E-state index in [9.17, 15) is 0 Å². The highest BCUT2D eigenvalue weighted by atomic mass is 16.5. The van der Waals surface area contributed by atoms with Crippen molar-refractivity contribution in [3.8, 4) is 11.1 Å². The second-order valence-corrected chi connectivity index (χ2v) is 5.02. The predicted molar refractivity (Wildman–Crippen MR) is 80.3 cm³/mol. The minimum atomic E-state index is 0.677. The zero-order chi connectivity index (χ0) is 14.1. The summed E-state index contributed by atoms with van der Waals surface area (Å²) in [5, 5.41) is 0. The maximum absolute atomic E-state index is 5.84. The molecule has 106 valence electrons. The van der Waals surface area contributed by atoms with Crippen molar-refractivity contribution in [2.75, 3.05) is 31.2 Å². The standard InChI is InChI=1S/C16H15N3O2/c1-2-13(11-17-5-1)12-3-4-15-14(10-12)18-16(21-15)19-6-8-20-9-7-19/h1-5,10-11H,6-9H2. The van der Waals surface area contributed by atoms with E-state index < -0.39 is 0 Å². The fourth-order valence-electron chi connectivity index (χ4n) is 2.52. The maximum atomic E-state index is 5.84. The molecular weight excluding hydrogens is 266 g/mol. The first-order chi connectivity index (χ1) is 10.4. The van der Waals surface area contributed by atoms with Crippen LogP contribution in [-0.4, -0.2) is 36.3 Å². The number of pyridine rings is 1. The normalized spacial score (nSPS) is 15.5. The summed E-state index contributed by atoms with van der Waals surface area (Å²) in [6, 6.07) is 10.7.